The molecule has 0 unspecified atom stereocenters. The summed E-state index contributed by atoms with van der Waals surface area (Å²) in [5, 5.41) is 3.49. The molecule has 0 radical (unpaired) electrons. The molecule has 0 atom stereocenters. The molecule has 112 valence electrons. The minimum absolute atomic E-state index is 0.562. The first kappa shape index (κ1) is 15.3. The van der Waals surface area contributed by atoms with E-state index in [2.05, 4.69) is 31.1 Å². The lowest BCUT2D eigenvalue weighted by atomic mass is 9.77. The van der Waals surface area contributed by atoms with E-state index in [-0.39, 0.29) is 0 Å². The first-order chi connectivity index (χ1) is 9.05. The second-order valence-electron chi connectivity index (χ2n) is 7.88. The number of rotatable bonds is 4. The summed E-state index contributed by atoms with van der Waals surface area (Å²) in [6.07, 6.45) is 11.4. The van der Waals surface area contributed by atoms with Crippen molar-refractivity contribution in [3.63, 3.8) is 0 Å². The zero-order chi connectivity index (χ0) is 13.8. The van der Waals surface area contributed by atoms with Crippen molar-refractivity contribution in [2.24, 2.45) is 10.8 Å². The fraction of sp³-hybridized carbons (Fsp3) is 1.00. The highest BCUT2D eigenvalue weighted by Gasteiger charge is 2.34. The van der Waals surface area contributed by atoms with Crippen LogP contribution >= 0.6 is 0 Å². The predicted molar refractivity (Wildman–Crippen MR) is 83.5 cm³/mol. The molecule has 1 aliphatic heterocycles. The predicted octanol–water partition coefficient (Wildman–Crippen LogP) is 3.67. The molecule has 2 aliphatic rings. The van der Waals surface area contributed by atoms with Crippen molar-refractivity contribution in [1.29, 1.82) is 0 Å². The highest BCUT2D eigenvalue weighted by atomic mass is 15.1. The summed E-state index contributed by atoms with van der Waals surface area (Å²) in [7, 11) is 2.13. The van der Waals surface area contributed by atoms with Gasteiger partial charge in [0.25, 0.3) is 0 Å². The Hall–Kier alpha value is -0.0800. The summed E-state index contributed by atoms with van der Waals surface area (Å²) < 4.78 is 0. The van der Waals surface area contributed by atoms with Crippen LogP contribution in [0.1, 0.15) is 65.2 Å². The van der Waals surface area contributed by atoms with E-state index in [1.54, 1.807) is 0 Å². The summed E-state index contributed by atoms with van der Waals surface area (Å²) in [4.78, 5) is 2.76. The molecule has 0 bridgehead atoms. The molecule has 0 amide bonds. The minimum atomic E-state index is 0.562. The van der Waals surface area contributed by atoms with E-state index < -0.39 is 0 Å². The van der Waals surface area contributed by atoms with Crippen LogP contribution < -0.4 is 5.32 Å². The highest BCUT2D eigenvalue weighted by Crippen LogP contribution is 2.37. The average molecular weight is 266 g/mol. The van der Waals surface area contributed by atoms with Gasteiger partial charge in [-0.2, -0.15) is 0 Å². The van der Waals surface area contributed by atoms with Gasteiger partial charge in [0.15, 0.2) is 0 Å². The quantitative estimate of drug-likeness (QED) is 0.781. The molecule has 0 aromatic heterocycles. The summed E-state index contributed by atoms with van der Waals surface area (Å²) in [6.45, 7) is 10.0. The van der Waals surface area contributed by atoms with Crippen molar-refractivity contribution in [1.82, 2.24) is 10.2 Å². The Kier molecular flexibility index (Phi) is 5.30. The van der Waals surface area contributed by atoms with Crippen molar-refractivity contribution in [3.8, 4) is 0 Å². The molecule has 1 N–H and O–H groups in total. The minimum Gasteiger partial charge on any atom is -0.319 e. The monoisotopic (exact) mass is 266 g/mol. The van der Waals surface area contributed by atoms with Crippen molar-refractivity contribution >= 4 is 0 Å². The van der Waals surface area contributed by atoms with Gasteiger partial charge in [0.1, 0.15) is 0 Å². The van der Waals surface area contributed by atoms with Gasteiger partial charge in [0.05, 0.1) is 0 Å². The van der Waals surface area contributed by atoms with E-state index in [1.807, 2.05) is 0 Å². The van der Waals surface area contributed by atoms with Gasteiger partial charge in [0, 0.05) is 13.1 Å². The lowest BCUT2D eigenvalue weighted by molar-refractivity contribution is 0.0731. The average Bonchev–Trinajstić information content (AvgIpc) is 2.59. The van der Waals surface area contributed by atoms with Crippen molar-refractivity contribution in [3.05, 3.63) is 0 Å². The second kappa shape index (κ2) is 6.58. The normalized spacial score (nSPS) is 27.9. The van der Waals surface area contributed by atoms with E-state index in [0.29, 0.717) is 10.8 Å². The number of piperidine rings is 1. The number of likely N-dealkylation sites (tertiary alicyclic amines) is 1. The first-order valence-corrected chi connectivity index (χ1v) is 8.42. The van der Waals surface area contributed by atoms with E-state index >= 15 is 0 Å². The third-order valence-corrected chi connectivity index (χ3v) is 5.48. The Morgan fingerprint density at radius 2 is 1.47 bits per heavy atom. The molecule has 19 heavy (non-hydrogen) atoms. The van der Waals surface area contributed by atoms with Gasteiger partial charge in [-0.05, 0) is 56.7 Å². The number of hydrogen-bond acceptors (Lipinski definition) is 2. The summed E-state index contributed by atoms with van der Waals surface area (Å²) in [6, 6.07) is 0. The molecular formula is C17H34N2. The van der Waals surface area contributed by atoms with Gasteiger partial charge in [-0.15, -0.1) is 0 Å². The third-order valence-electron chi connectivity index (χ3n) is 5.48. The van der Waals surface area contributed by atoms with Crippen molar-refractivity contribution in [2.45, 2.75) is 65.2 Å². The fourth-order valence-electron chi connectivity index (χ4n) is 4.04. The van der Waals surface area contributed by atoms with Gasteiger partial charge in [0.2, 0.25) is 0 Å². The summed E-state index contributed by atoms with van der Waals surface area (Å²) in [5.41, 5.74) is 1.14. The van der Waals surface area contributed by atoms with Gasteiger partial charge in [-0.25, -0.2) is 0 Å². The maximum atomic E-state index is 3.49. The van der Waals surface area contributed by atoms with Gasteiger partial charge in [-0.3, -0.25) is 0 Å². The standard InChI is InChI=1S/C17H34N2/c1-16(2)10-12-19(13-11-16)15-17(14-18-3)8-6-4-5-7-9-17/h18H,4-15H2,1-3H3. The molecular weight excluding hydrogens is 232 g/mol. The Bertz CT molecular complexity index is 254. The Balaban J connectivity index is 1.92. The third kappa shape index (κ3) is 4.46. The molecule has 1 saturated heterocycles. The number of hydrogen-bond donors (Lipinski definition) is 1. The topological polar surface area (TPSA) is 15.3 Å². The van der Waals surface area contributed by atoms with Crippen molar-refractivity contribution in [2.75, 3.05) is 33.2 Å². The van der Waals surface area contributed by atoms with Gasteiger partial charge >= 0.3 is 0 Å². The molecule has 2 nitrogen and oxygen atoms in total. The first-order valence-electron chi connectivity index (χ1n) is 8.42. The van der Waals surface area contributed by atoms with E-state index in [1.165, 1.54) is 77.5 Å². The van der Waals surface area contributed by atoms with Crippen LogP contribution in [0.4, 0.5) is 0 Å². The lowest BCUT2D eigenvalue weighted by Crippen LogP contribution is -2.47. The number of nitrogens with zero attached hydrogens (tertiary/aromatic N) is 1. The largest absolute Gasteiger partial charge is 0.319 e. The van der Waals surface area contributed by atoms with E-state index in [0.717, 1.165) is 0 Å². The molecule has 2 fully saturated rings. The SMILES string of the molecule is CNCC1(CN2CCC(C)(C)CC2)CCCCCC1. The smallest absolute Gasteiger partial charge is 0.00501 e. The zero-order valence-electron chi connectivity index (χ0n) is 13.4. The molecule has 0 aromatic carbocycles. The Morgan fingerprint density at radius 3 is 2.00 bits per heavy atom. The maximum absolute atomic E-state index is 3.49. The van der Waals surface area contributed by atoms with Crippen LogP contribution in [0.15, 0.2) is 0 Å². The van der Waals surface area contributed by atoms with Crippen LogP contribution in [0.25, 0.3) is 0 Å². The van der Waals surface area contributed by atoms with E-state index in [9.17, 15) is 0 Å². The van der Waals surface area contributed by atoms with Crippen LogP contribution in [-0.2, 0) is 0 Å². The number of nitrogens with one attached hydrogen (secondary N) is 1. The highest BCUT2D eigenvalue weighted by molar-refractivity contribution is 4.89. The molecule has 2 rings (SSSR count). The van der Waals surface area contributed by atoms with E-state index in [4.69, 9.17) is 0 Å². The Morgan fingerprint density at radius 1 is 0.895 bits per heavy atom. The molecule has 1 heterocycles. The fourth-order valence-corrected chi connectivity index (χ4v) is 4.04. The maximum Gasteiger partial charge on any atom is 0.00501 e. The summed E-state index contributed by atoms with van der Waals surface area (Å²) in [5.74, 6) is 0. The molecule has 1 aliphatic carbocycles. The van der Waals surface area contributed by atoms with Crippen LogP contribution in [0.2, 0.25) is 0 Å². The Labute approximate surface area is 120 Å². The molecule has 0 spiro atoms. The van der Waals surface area contributed by atoms with Gasteiger partial charge < -0.3 is 10.2 Å². The molecule has 2 heteroatoms. The van der Waals surface area contributed by atoms with Gasteiger partial charge in [-0.1, -0.05) is 39.5 Å². The molecule has 0 aromatic rings. The van der Waals surface area contributed by atoms with Crippen LogP contribution in [0, 0.1) is 10.8 Å². The van der Waals surface area contributed by atoms with Crippen LogP contribution in [0.5, 0.6) is 0 Å². The van der Waals surface area contributed by atoms with Crippen molar-refractivity contribution < 1.29 is 0 Å². The van der Waals surface area contributed by atoms with Crippen LogP contribution in [0.3, 0.4) is 0 Å². The summed E-state index contributed by atoms with van der Waals surface area (Å²) >= 11 is 0. The lowest BCUT2D eigenvalue weighted by Gasteiger charge is -2.43. The zero-order valence-corrected chi connectivity index (χ0v) is 13.4. The second-order valence-corrected chi connectivity index (χ2v) is 7.88. The van der Waals surface area contributed by atoms with Crippen LogP contribution in [-0.4, -0.2) is 38.1 Å². The molecule has 1 saturated carbocycles.